The summed E-state index contributed by atoms with van der Waals surface area (Å²) in [4.78, 5) is 38.3. The van der Waals surface area contributed by atoms with Gasteiger partial charge in [0.05, 0.1) is 17.9 Å². The Bertz CT molecular complexity index is 759. The summed E-state index contributed by atoms with van der Waals surface area (Å²) in [5.41, 5.74) is 0.856. The predicted octanol–water partition coefficient (Wildman–Crippen LogP) is 1.85. The topological polar surface area (TPSA) is 97.0 Å². The number of para-hydroxylation sites is 2. The maximum atomic E-state index is 12.3. The molecule has 2 fully saturated rings. The van der Waals surface area contributed by atoms with E-state index < -0.39 is 17.7 Å². The second-order valence-electron chi connectivity index (χ2n) is 6.96. The molecule has 8 nitrogen and oxygen atoms in total. The molecular formula is C19H23N3O5. The number of nitrogens with one attached hydrogen (secondary N) is 2. The molecule has 1 aromatic carbocycles. The van der Waals surface area contributed by atoms with Crippen LogP contribution in [0.5, 0.6) is 0 Å². The molecule has 0 spiro atoms. The summed E-state index contributed by atoms with van der Waals surface area (Å²) in [6.07, 6.45) is 3.45. The highest BCUT2D eigenvalue weighted by molar-refractivity contribution is 6.15. The molecule has 0 saturated carbocycles. The molecule has 0 bridgehead atoms. The molecule has 2 N–H and O–H groups in total. The van der Waals surface area contributed by atoms with Crippen molar-refractivity contribution < 1.29 is 23.9 Å². The number of hydrogen-bond acceptors (Lipinski definition) is 7. The summed E-state index contributed by atoms with van der Waals surface area (Å²) >= 11 is 0. The van der Waals surface area contributed by atoms with E-state index in [4.69, 9.17) is 9.47 Å². The van der Waals surface area contributed by atoms with E-state index in [0.29, 0.717) is 17.9 Å². The van der Waals surface area contributed by atoms with Gasteiger partial charge in [-0.25, -0.2) is 9.59 Å². The summed E-state index contributed by atoms with van der Waals surface area (Å²) in [6, 6.07) is 7.03. The number of nitrogens with zero attached hydrogens (tertiary/aromatic N) is 1. The maximum absolute atomic E-state index is 12.3. The largest absolute Gasteiger partial charge is 0.419 e. The van der Waals surface area contributed by atoms with Crippen molar-refractivity contribution in [2.24, 2.45) is 0 Å². The Morgan fingerprint density at radius 2 is 1.70 bits per heavy atom. The summed E-state index contributed by atoms with van der Waals surface area (Å²) in [5.74, 6) is -2.93. The van der Waals surface area contributed by atoms with Gasteiger partial charge in [-0.15, -0.1) is 0 Å². The van der Waals surface area contributed by atoms with Crippen molar-refractivity contribution >= 4 is 29.2 Å². The number of rotatable bonds is 5. The number of anilines is 2. The zero-order valence-electron chi connectivity index (χ0n) is 15.4. The number of amides is 1. The van der Waals surface area contributed by atoms with Gasteiger partial charge in [-0.3, -0.25) is 9.69 Å². The number of carbonyl (C=O) groups excluding carboxylic acids is 3. The minimum absolute atomic E-state index is 0.114. The second kappa shape index (κ2) is 7.79. The summed E-state index contributed by atoms with van der Waals surface area (Å²) in [7, 11) is 0. The lowest BCUT2D eigenvalue weighted by Gasteiger charge is -2.29. The molecule has 0 aliphatic carbocycles. The van der Waals surface area contributed by atoms with E-state index in [1.165, 1.54) is 20.0 Å². The Hall–Kier alpha value is -2.87. The van der Waals surface area contributed by atoms with Crippen LogP contribution in [-0.4, -0.2) is 48.2 Å². The van der Waals surface area contributed by atoms with Gasteiger partial charge >= 0.3 is 11.9 Å². The van der Waals surface area contributed by atoms with Crippen LogP contribution in [0.4, 0.5) is 11.4 Å². The van der Waals surface area contributed by atoms with E-state index in [0.717, 1.165) is 25.9 Å². The van der Waals surface area contributed by atoms with Crippen molar-refractivity contribution in [3.8, 4) is 0 Å². The molecule has 2 aliphatic rings. The van der Waals surface area contributed by atoms with Crippen LogP contribution in [0.2, 0.25) is 0 Å². The summed E-state index contributed by atoms with van der Waals surface area (Å²) in [5, 5.41) is 5.73. The highest BCUT2D eigenvalue weighted by Gasteiger charge is 2.39. The Balaban J connectivity index is 1.68. The molecule has 8 heteroatoms. The van der Waals surface area contributed by atoms with Gasteiger partial charge in [0, 0.05) is 20.0 Å². The van der Waals surface area contributed by atoms with Gasteiger partial charge in [0.15, 0.2) is 5.57 Å². The van der Waals surface area contributed by atoms with Gasteiger partial charge in [0.2, 0.25) is 5.91 Å². The summed E-state index contributed by atoms with van der Waals surface area (Å²) < 4.78 is 10.1. The number of ether oxygens (including phenoxy) is 2. The molecule has 0 radical (unpaired) electrons. The van der Waals surface area contributed by atoms with Crippen LogP contribution in [-0.2, 0) is 23.9 Å². The molecule has 2 aliphatic heterocycles. The zero-order valence-corrected chi connectivity index (χ0v) is 15.4. The quantitative estimate of drug-likeness (QED) is 0.462. The van der Waals surface area contributed by atoms with Crippen LogP contribution >= 0.6 is 0 Å². The van der Waals surface area contributed by atoms with Gasteiger partial charge in [-0.05, 0) is 38.1 Å². The van der Waals surface area contributed by atoms with E-state index >= 15 is 0 Å². The van der Waals surface area contributed by atoms with E-state index in [9.17, 15) is 14.4 Å². The molecule has 27 heavy (non-hydrogen) atoms. The number of cyclic esters (lactones) is 2. The zero-order chi connectivity index (χ0) is 19.4. The fraction of sp³-hybridized carbons (Fsp3) is 0.421. The molecule has 0 atom stereocenters. The smallest absolute Gasteiger partial charge is 0.350 e. The van der Waals surface area contributed by atoms with Gasteiger partial charge in [-0.1, -0.05) is 12.1 Å². The normalized spacial score (nSPS) is 19.3. The third-order valence-electron chi connectivity index (χ3n) is 4.26. The Kier molecular flexibility index (Phi) is 5.46. The first kappa shape index (κ1) is 18.9. The third kappa shape index (κ3) is 4.85. The standard InChI is InChI=1S/C19H23N3O5/c1-19(2)26-17(24)13(18(25)27-19)11-20-14-7-3-4-8-15(14)21-16(23)12-22-9-5-6-10-22/h3-4,7-8,11,20H,5-6,9-10,12H2,1-2H3,(H,21,23). The SMILES string of the molecule is CC1(C)OC(=O)C(=CNc2ccccc2NC(=O)CN2CCCC2)C(=O)O1. The van der Waals surface area contributed by atoms with Crippen molar-refractivity contribution in [3.63, 3.8) is 0 Å². The minimum Gasteiger partial charge on any atom is -0.419 e. The molecule has 0 aromatic heterocycles. The number of esters is 2. The van der Waals surface area contributed by atoms with Crippen molar-refractivity contribution in [1.82, 2.24) is 4.90 Å². The highest BCUT2D eigenvalue weighted by atomic mass is 16.7. The highest BCUT2D eigenvalue weighted by Crippen LogP contribution is 2.25. The van der Waals surface area contributed by atoms with Crippen LogP contribution in [0.3, 0.4) is 0 Å². The molecular weight excluding hydrogens is 350 g/mol. The second-order valence-corrected chi connectivity index (χ2v) is 6.96. The van der Waals surface area contributed by atoms with E-state index in [2.05, 4.69) is 15.5 Å². The van der Waals surface area contributed by atoms with Gasteiger partial charge < -0.3 is 20.1 Å². The van der Waals surface area contributed by atoms with Crippen molar-refractivity contribution in [2.75, 3.05) is 30.3 Å². The predicted molar refractivity (Wildman–Crippen MR) is 98.7 cm³/mol. The van der Waals surface area contributed by atoms with E-state index in [1.807, 2.05) is 0 Å². The first-order valence-corrected chi connectivity index (χ1v) is 8.89. The fourth-order valence-corrected chi connectivity index (χ4v) is 2.98. The van der Waals surface area contributed by atoms with E-state index in [-0.39, 0.29) is 11.5 Å². The molecule has 2 saturated heterocycles. The third-order valence-corrected chi connectivity index (χ3v) is 4.26. The van der Waals surface area contributed by atoms with Crippen LogP contribution < -0.4 is 10.6 Å². The first-order chi connectivity index (χ1) is 12.8. The van der Waals surface area contributed by atoms with Gasteiger partial charge in [0.1, 0.15) is 0 Å². The Morgan fingerprint density at radius 1 is 1.11 bits per heavy atom. The van der Waals surface area contributed by atoms with Gasteiger partial charge in [0.25, 0.3) is 5.79 Å². The molecule has 3 rings (SSSR count). The Morgan fingerprint density at radius 3 is 2.33 bits per heavy atom. The lowest BCUT2D eigenvalue weighted by atomic mass is 10.2. The van der Waals surface area contributed by atoms with Crippen LogP contribution in [0.1, 0.15) is 26.7 Å². The van der Waals surface area contributed by atoms with E-state index in [1.54, 1.807) is 24.3 Å². The molecule has 0 unspecified atom stereocenters. The monoisotopic (exact) mass is 373 g/mol. The molecule has 144 valence electrons. The lowest BCUT2D eigenvalue weighted by Crippen LogP contribution is -2.42. The molecule has 1 amide bonds. The molecule has 1 aromatic rings. The molecule has 2 heterocycles. The van der Waals surface area contributed by atoms with Crippen molar-refractivity contribution in [3.05, 3.63) is 36.0 Å². The maximum Gasteiger partial charge on any atom is 0.350 e. The fourth-order valence-electron chi connectivity index (χ4n) is 2.98. The van der Waals surface area contributed by atoms with Crippen LogP contribution in [0.15, 0.2) is 36.0 Å². The van der Waals surface area contributed by atoms with Gasteiger partial charge in [-0.2, -0.15) is 0 Å². The summed E-state index contributed by atoms with van der Waals surface area (Å²) in [6.45, 7) is 5.17. The number of carbonyl (C=O) groups is 3. The van der Waals surface area contributed by atoms with Crippen LogP contribution in [0, 0.1) is 0 Å². The first-order valence-electron chi connectivity index (χ1n) is 8.89. The number of likely N-dealkylation sites (tertiary alicyclic amines) is 1. The van der Waals surface area contributed by atoms with Crippen LogP contribution in [0.25, 0.3) is 0 Å². The minimum atomic E-state index is -1.28. The number of benzene rings is 1. The Labute approximate surface area is 157 Å². The number of hydrogen-bond donors (Lipinski definition) is 2. The van der Waals surface area contributed by atoms with Crippen molar-refractivity contribution in [1.29, 1.82) is 0 Å². The van der Waals surface area contributed by atoms with Crippen molar-refractivity contribution in [2.45, 2.75) is 32.5 Å². The lowest BCUT2D eigenvalue weighted by molar-refractivity contribution is -0.222. The average Bonchev–Trinajstić information content (AvgIpc) is 3.07. The average molecular weight is 373 g/mol.